The van der Waals surface area contributed by atoms with Crippen LogP contribution in [-0.4, -0.2) is 48.9 Å². The first-order chi connectivity index (χ1) is 12.6. The maximum absolute atomic E-state index is 14.0. The molecule has 0 unspecified atom stereocenters. The summed E-state index contributed by atoms with van der Waals surface area (Å²) in [5.41, 5.74) is 0.0385. The number of carbonyl (C=O) groups is 2. The molecule has 6 nitrogen and oxygen atoms in total. The predicted molar refractivity (Wildman–Crippen MR) is 89.1 cm³/mol. The molecule has 1 aliphatic rings. The van der Waals surface area contributed by atoms with Crippen LogP contribution in [0.25, 0.3) is 0 Å². The van der Waals surface area contributed by atoms with Gasteiger partial charge in [-0.15, -0.1) is 11.3 Å². The molecule has 1 N–H and O–H groups in total. The van der Waals surface area contributed by atoms with Crippen molar-refractivity contribution in [2.75, 3.05) is 25.5 Å². The van der Waals surface area contributed by atoms with E-state index in [1.165, 1.54) is 6.92 Å². The lowest BCUT2D eigenvalue weighted by atomic mass is 10.1. The first kappa shape index (κ1) is 21.1. The number of ether oxygens (including phenoxy) is 1. The second kappa shape index (κ2) is 7.82. The van der Waals surface area contributed by atoms with Gasteiger partial charge in [0, 0.05) is 20.2 Å². The third kappa shape index (κ3) is 3.91. The Kier molecular flexibility index (Phi) is 6.11. The summed E-state index contributed by atoms with van der Waals surface area (Å²) in [4.78, 5) is 26.2. The first-order valence-corrected chi connectivity index (χ1v) is 8.83. The van der Waals surface area contributed by atoms with Gasteiger partial charge in [0.25, 0.3) is 5.91 Å². The van der Waals surface area contributed by atoms with E-state index >= 15 is 0 Å². The van der Waals surface area contributed by atoms with Crippen molar-refractivity contribution in [1.82, 2.24) is 4.90 Å². The van der Waals surface area contributed by atoms with Crippen LogP contribution in [0, 0.1) is 18.3 Å². The number of methoxy groups -OCH3 is 1. The highest BCUT2D eigenvalue weighted by Crippen LogP contribution is 2.38. The van der Waals surface area contributed by atoms with E-state index in [2.05, 4.69) is 4.74 Å². The van der Waals surface area contributed by atoms with Crippen LogP contribution in [0.3, 0.4) is 0 Å². The largest absolute Gasteiger partial charge is 0.458 e. The minimum atomic E-state index is -5.61. The van der Waals surface area contributed by atoms with Crippen LogP contribution in [0.2, 0.25) is 0 Å². The Bertz CT molecular complexity index is 781. The molecule has 1 fully saturated rings. The number of likely N-dealkylation sites (tertiary alicyclic amines) is 1. The second-order valence-corrected chi connectivity index (χ2v) is 7.00. The Morgan fingerprint density at radius 3 is 2.30 bits per heavy atom. The quantitative estimate of drug-likeness (QED) is 0.776. The van der Waals surface area contributed by atoms with Gasteiger partial charge in [-0.25, -0.2) is 0 Å². The maximum Gasteiger partial charge on any atom is 0.458 e. The number of nitrogens with one attached hydrogen (secondary N) is 1. The van der Waals surface area contributed by atoms with E-state index in [4.69, 9.17) is 0 Å². The zero-order valence-electron chi connectivity index (χ0n) is 14.6. The van der Waals surface area contributed by atoms with Gasteiger partial charge in [0.2, 0.25) is 0 Å². The molecule has 1 aromatic rings. The Hall–Kier alpha value is -2.19. The Morgan fingerprint density at radius 1 is 1.22 bits per heavy atom. The van der Waals surface area contributed by atoms with E-state index < -0.39 is 17.9 Å². The highest BCUT2D eigenvalue weighted by atomic mass is 32.1. The lowest BCUT2D eigenvalue weighted by molar-refractivity contribution is -0.305. The van der Waals surface area contributed by atoms with Gasteiger partial charge < -0.3 is 15.0 Å². The van der Waals surface area contributed by atoms with Crippen molar-refractivity contribution in [2.24, 2.45) is 0 Å². The molecule has 1 saturated heterocycles. The van der Waals surface area contributed by atoms with Gasteiger partial charge in [0.1, 0.15) is 11.1 Å². The number of halogens is 4. The number of nitriles is 1. The standard InChI is InChI=1S/C16H17F4N3O3S/c1-9-10(8-21)12(22-14(25)15(17,26-2)16(18,19)20)27-11(9)13(24)23-6-4-3-5-7-23/h3-7H2,1-2H3,(H,22,25)/t15-/m1/s1. The smallest absolute Gasteiger partial charge is 0.338 e. The van der Waals surface area contributed by atoms with E-state index in [9.17, 15) is 32.4 Å². The van der Waals surface area contributed by atoms with Crippen LogP contribution >= 0.6 is 11.3 Å². The van der Waals surface area contributed by atoms with Crippen LogP contribution < -0.4 is 5.32 Å². The monoisotopic (exact) mass is 407 g/mol. The minimum Gasteiger partial charge on any atom is -0.338 e. The molecule has 27 heavy (non-hydrogen) atoms. The molecule has 0 bridgehead atoms. The van der Waals surface area contributed by atoms with E-state index in [1.807, 2.05) is 0 Å². The summed E-state index contributed by atoms with van der Waals surface area (Å²) in [6, 6.07) is 1.74. The topological polar surface area (TPSA) is 82.4 Å². The molecular weight excluding hydrogens is 390 g/mol. The van der Waals surface area contributed by atoms with E-state index in [0.29, 0.717) is 31.5 Å². The molecule has 0 radical (unpaired) electrons. The number of amides is 2. The molecule has 2 heterocycles. The molecule has 0 aromatic carbocycles. The Labute approximate surface area is 156 Å². The fourth-order valence-corrected chi connectivity index (χ4v) is 3.82. The van der Waals surface area contributed by atoms with Crippen LogP contribution in [0.1, 0.15) is 40.1 Å². The number of hydrogen-bond donors (Lipinski definition) is 1. The van der Waals surface area contributed by atoms with E-state index in [-0.39, 0.29) is 26.9 Å². The molecule has 148 valence electrons. The van der Waals surface area contributed by atoms with Gasteiger partial charge in [-0.2, -0.15) is 22.8 Å². The van der Waals surface area contributed by atoms with Crippen molar-refractivity contribution in [3.8, 4) is 6.07 Å². The van der Waals surface area contributed by atoms with Gasteiger partial charge in [0.15, 0.2) is 0 Å². The van der Waals surface area contributed by atoms with E-state index in [1.54, 1.807) is 16.3 Å². The number of alkyl halides is 4. The summed E-state index contributed by atoms with van der Waals surface area (Å²) < 4.78 is 56.2. The number of piperidine rings is 1. The van der Waals surface area contributed by atoms with Crippen LogP contribution in [-0.2, 0) is 9.53 Å². The molecule has 2 amide bonds. The summed E-state index contributed by atoms with van der Waals surface area (Å²) >= 11 is 0.643. The van der Waals surface area contributed by atoms with Crippen molar-refractivity contribution >= 4 is 28.2 Å². The first-order valence-electron chi connectivity index (χ1n) is 8.01. The van der Waals surface area contributed by atoms with Crippen molar-refractivity contribution < 1.29 is 31.9 Å². The normalized spacial score (nSPS) is 17.1. The maximum atomic E-state index is 14.0. The molecule has 1 aliphatic heterocycles. The molecule has 0 spiro atoms. The molecular formula is C16H17F4N3O3S. The third-order valence-electron chi connectivity index (χ3n) is 4.26. The molecule has 2 rings (SSSR count). The SMILES string of the molecule is CO[C@](F)(C(=O)Nc1sc(C(=O)N2CCCCC2)c(C)c1C#N)C(F)(F)F. The minimum absolute atomic E-state index is 0.123. The number of nitrogens with zero attached hydrogens (tertiary/aromatic N) is 2. The number of anilines is 1. The summed E-state index contributed by atoms with van der Waals surface area (Å²) in [6.07, 6.45) is -2.97. The lowest BCUT2D eigenvalue weighted by Gasteiger charge is -2.26. The van der Waals surface area contributed by atoms with Crippen LogP contribution in [0.4, 0.5) is 22.6 Å². The number of thiophene rings is 1. The fraction of sp³-hybridized carbons (Fsp3) is 0.562. The van der Waals surface area contributed by atoms with Gasteiger partial charge in [-0.05, 0) is 31.7 Å². The summed E-state index contributed by atoms with van der Waals surface area (Å²) in [7, 11) is 0.406. The van der Waals surface area contributed by atoms with E-state index in [0.717, 1.165) is 19.3 Å². The molecule has 11 heteroatoms. The number of rotatable bonds is 4. The Balaban J connectivity index is 2.34. The average Bonchev–Trinajstić information content (AvgIpc) is 2.95. The summed E-state index contributed by atoms with van der Waals surface area (Å²) in [5.74, 6) is -7.07. The van der Waals surface area contributed by atoms with Crippen molar-refractivity contribution in [1.29, 1.82) is 5.26 Å². The highest BCUT2D eigenvalue weighted by Gasteiger charge is 2.63. The fourth-order valence-electron chi connectivity index (χ4n) is 2.70. The van der Waals surface area contributed by atoms with Crippen molar-refractivity contribution in [2.45, 2.75) is 38.2 Å². The highest BCUT2D eigenvalue weighted by molar-refractivity contribution is 7.18. The number of hydrogen-bond acceptors (Lipinski definition) is 5. The average molecular weight is 407 g/mol. The van der Waals surface area contributed by atoms with Gasteiger partial charge in [-0.1, -0.05) is 0 Å². The molecule has 1 aromatic heterocycles. The summed E-state index contributed by atoms with van der Waals surface area (Å²) in [5, 5.41) is 10.7. The zero-order chi connectivity index (χ0) is 20.4. The van der Waals surface area contributed by atoms with Gasteiger partial charge in [0.05, 0.1) is 10.4 Å². The second-order valence-electron chi connectivity index (χ2n) is 5.98. The summed E-state index contributed by atoms with van der Waals surface area (Å²) in [6.45, 7) is 2.51. The van der Waals surface area contributed by atoms with Crippen molar-refractivity contribution in [3.63, 3.8) is 0 Å². The Morgan fingerprint density at radius 2 is 1.81 bits per heavy atom. The van der Waals surface area contributed by atoms with Crippen LogP contribution in [0.5, 0.6) is 0 Å². The molecule has 0 aliphatic carbocycles. The van der Waals surface area contributed by atoms with Gasteiger partial charge in [-0.3, -0.25) is 9.59 Å². The number of carbonyl (C=O) groups excluding carboxylic acids is 2. The lowest BCUT2D eigenvalue weighted by Crippen LogP contribution is -2.52. The van der Waals surface area contributed by atoms with Crippen LogP contribution in [0.15, 0.2) is 0 Å². The molecule has 0 saturated carbocycles. The van der Waals surface area contributed by atoms with Gasteiger partial charge >= 0.3 is 17.9 Å². The van der Waals surface area contributed by atoms with Crippen molar-refractivity contribution in [3.05, 3.63) is 16.0 Å². The third-order valence-corrected chi connectivity index (χ3v) is 5.46. The zero-order valence-corrected chi connectivity index (χ0v) is 15.4. The predicted octanol–water partition coefficient (Wildman–Crippen LogP) is 3.37. The molecule has 1 atom stereocenters.